The molecular formula is C18H18N4O2. The van der Waals surface area contributed by atoms with Gasteiger partial charge >= 0.3 is 0 Å². The second-order valence-electron chi connectivity index (χ2n) is 5.32. The van der Waals surface area contributed by atoms with Crippen LogP contribution in [0.3, 0.4) is 0 Å². The summed E-state index contributed by atoms with van der Waals surface area (Å²) in [6.07, 6.45) is 3.11. The van der Waals surface area contributed by atoms with Crippen LogP contribution in [0.1, 0.15) is 36.5 Å². The number of hydrogen-bond donors (Lipinski definition) is 0. The Morgan fingerprint density at radius 1 is 1.17 bits per heavy atom. The van der Waals surface area contributed by atoms with Gasteiger partial charge in [0.15, 0.2) is 5.75 Å². The van der Waals surface area contributed by atoms with Gasteiger partial charge in [0.2, 0.25) is 0 Å². The zero-order valence-electron chi connectivity index (χ0n) is 13.7. The zero-order valence-corrected chi connectivity index (χ0v) is 13.7. The monoisotopic (exact) mass is 322 g/mol. The normalized spacial score (nSPS) is 10.5. The minimum Gasteiger partial charge on any atom is -0.453 e. The molecular weight excluding hydrogens is 304 g/mol. The number of rotatable bonds is 6. The van der Waals surface area contributed by atoms with Crippen LogP contribution < -0.4 is 4.74 Å². The molecule has 0 aliphatic rings. The van der Waals surface area contributed by atoms with Gasteiger partial charge in [0, 0.05) is 6.07 Å². The maximum atomic E-state index is 8.89. The van der Waals surface area contributed by atoms with Crippen molar-refractivity contribution in [3.63, 3.8) is 0 Å². The first-order valence-corrected chi connectivity index (χ1v) is 7.91. The molecule has 0 bridgehead atoms. The van der Waals surface area contributed by atoms with Gasteiger partial charge in [0.25, 0.3) is 0 Å². The lowest BCUT2D eigenvalue weighted by molar-refractivity contribution is 0.407. The highest BCUT2D eigenvalue weighted by atomic mass is 16.5. The van der Waals surface area contributed by atoms with Crippen LogP contribution in [0.5, 0.6) is 11.5 Å². The number of ether oxygens (including phenoxy) is 1. The van der Waals surface area contributed by atoms with E-state index in [1.54, 1.807) is 30.5 Å². The number of aryl methyl sites for hydroxylation is 1. The molecule has 0 atom stereocenters. The smallest absolute Gasteiger partial charge is 0.171 e. The average Bonchev–Trinajstić information content (AvgIpc) is 3.23. The minimum absolute atomic E-state index is 0.545. The first-order valence-electron chi connectivity index (χ1n) is 7.91. The van der Waals surface area contributed by atoms with Crippen LogP contribution in [0.25, 0.3) is 0 Å². The molecule has 0 amide bonds. The van der Waals surface area contributed by atoms with E-state index in [0.717, 1.165) is 35.7 Å². The average molecular weight is 322 g/mol. The molecule has 0 fully saturated rings. The molecule has 3 rings (SSSR count). The van der Waals surface area contributed by atoms with Gasteiger partial charge < -0.3 is 9.26 Å². The van der Waals surface area contributed by atoms with Gasteiger partial charge in [-0.25, -0.2) is 0 Å². The van der Waals surface area contributed by atoms with Crippen LogP contribution >= 0.6 is 0 Å². The summed E-state index contributed by atoms with van der Waals surface area (Å²) in [5.74, 6) is 1.48. The van der Waals surface area contributed by atoms with Crippen molar-refractivity contribution in [1.82, 2.24) is 14.9 Å². The first-order chi connectivity index (χ1) is 11.7. The van der Waals surface area contributed by atoms with Gasteiger partial charge in [-0.05, 0) is 37.1 Å². The first kappa shape index (κ1) is 15.8. The highest BCUT2D eigenvalue weighted by molar-refractivity contribution is 5.41. The summed E-state index contributed by atoms with van der Waals surface area (Å²) in [5.41, 5.74) is 3.34. The molecule has 0 radical (unpaired) electrons. The van der Waals surface area contributed by atoms with Crippen LogP contribution in [0.2, 0.25) is 0 Å². The van der Waals surface area contributed by atoms with Crippen molar-refractivity contribution in [3.8, 4) is 17.6 Å². The van der Waals surface area contributed by atoms with Crippen LogP contribution in [0.15, 0.2) is 41.1 Å². The minimum atomic E-state index is 0.545. The second-order valence-corrected chi connectivity index (χ2v) is 5.32. The van der Waals surface area contributed by atoms with Crippen molar-refractivity contribution in [3.05, 3.63) is 59.2 Å². The Morgan fingerprint density at radius 3 is 2.54 bits per heavy atom. The molecule has 0 saturated heterocycles. The second kappa shape index (κ2) is 7.01. The lowest BCUT2D eigenvalue weighted by Crippen LogP contribution is -2.06. The van der Waals surface area contributed by atoms with Crippen molar-refractivity contribution in [2.45, 2.75) is 33.2 Å². The maximum absolute atomic E-state index is 8.89. The van der Waals surface area contributed by atoms with E-state index < -0.39 is 0 Å². The third-order valence-corrected chi connectivity index (χ3v) is 3.75. The highest BCUT2D eigenvalue weighted by Gasteiger charge is 2.18. The number of nitrogens with zero attached hydrogens (tertiary/aromatic N) is 4. The van der Waals surface area contributed by atoms with Crippen molar-refractivity contribution in [2.75, 3.05) is 0 Å². The predicted octanol–water partition coefficient (Wildman–Crippen LogP) is 3.71. The van der Waals surface area contributed by atoms with Gasteiger partial charge in [-0.2, -0.15) is 10.4 Å². The molecule has 3 aromatic rings. The molecule has 1 aromatic carbocycles. The van der Waals surface area contributed by atoms with Gasteiger partial charge in [0.1, 0.15) is 23.4 Å². The third kappa shape index (κ3) is 3.15. The van der Waals surface area contributed by atoms with Crippen molar-refractivity contribution < 1.29 is 9.26 Å². The SMILES string of the molecule is CCc1nn(Cc2ccon2)c(CC)c1Oc1ccc(C#N)cc1. The van der Waals surface area contributed by atoms with Crippen molar-refractivity contribution in [2.24, 2.45) is 0 Å². The quantitative estimate of drug-likeness (QED) is 0.691. The Hall–Kier alpha value is -3.07. The summed E-state index contributed by atoms with van der Waals surface area (Å²) in [6, 6.07) is 11.0. The summed E-state index contributed by atoms with van der Waals surface area (Å²) in [4.78, 5) is 0. The molecule has 6 heteroatoms. The molecule has 0 saturated carbocycles. The van der Waals surface area contributed by atoms with E-state index in [2.05, 4.69) is 23.2 Å². The van der Waals surface area contributed by atoms with E-state index in [1.807, 2.05) is 17.7 Å². The molecule has 0 aliphatic heterocycles. The standard InChI is InChI=1S/C18H18N4O2/c1-3-16-18(24-15-7-5-13(11-19)6-8-15)17(4-2)22(20-16)12-14-9-10-23-21-14/h5-10H,3-4,12H2,1-2H3. The molecule has 122 valence electrons. The Kier molecular flexibility index (Phi) is 4.62. The topological polar surface area (TPSA) is 76.9 Å². The largest absolute Gasteiger partial charge is 0.453 e. The van der Waals surface area contributed by atoms with E-state index in [4.69, 9.17) is 14.5 Å². The molecule has 6 nitrogen and oxygen atoms in total. The van der Waals surface area contributed by atoms with Crippen LogP contribution in [-0.2, 0) is 19.4 Å². The Bertz CT molecular complexity index is 843. The highest BCUT2D eigenvalue weighted by Crippen LogP contribution is 2.30. The Labute approximate surface area is 140 Å². The fourth-order valence-corrected chi connectivity index (χ4v) is 2.55. The molecule has 0 N–H and O–H groups in total. The summed E-state index contributed by atoms with van der Waals surface area (Å²) in [6.45, 7) is 4.67. The third-order valence-electron chi connectivity index (χ3n) is 3.75. The van der Waals surface area contributed by atoms with E-state index in [9.17, 15) is 0 Å². The van der Waals surface area contributed by atoms with Crippen molar-refractivity contribution >= 4 is 0 Å². The Balaban J connectivity index is 1.93. The number of benzene rings is 1. The summed E-state index contributed by atoms with van der Waals surface area (Å²) < 4.78 is 12.9. The molecule has 0 aliphatic carbocycles. The zero-order chi connectivity index (χ0) is 16.9. The van der Waals surface area contributed by atoms with E-state index in [0.29, 0.717) is 17.9 Å². The summed E-state index contributed by atoms with van der Waals surface area (Å²) >= 11 is 0. The van der Waals surface area contributed by atoms with E-state index >= 15 is 0 Å². The lowest BCUT2D eigenvalue weighted by Gasteiger charge is -2.09. The van der Waals surface area contributed by atoms with Crippen molar-refractivity contribution in [1.29, 1.82) is 5.26 Å². The van der Waals surface area contributed by atoms with Crippen LogP contribution in [0.4, 0.5) is 0 Å². The lowest BCUT2D eigenvalue weighted by atomic mass is 10.2. The number of aromatic nitrogens is 3. The summed E-state index contributed by atoms with van der Waals surface area (Å²) in [5, 5.41) is 17.5. The summed E-state index contributed by atoms with van der Waals surface area (Å²) in [7, 11) is 0. The number of hydrogen-bond acceptors (Lipinski definition) is 5. The van der Waals surface area contributed by atoms with Gasteiger partial charge in [-0.15, -0.1) is 0 Å². The van der Waals surface area contributed by atoms with Crippen LogP contribution in [0, 0.1) is 11.3 Å². The molecule has 0 spiro atoms. The maximum Gasteiger partial charge on any atom is 0.171 e. The fourth-order valence-electron chi connectivity index (χ4n) is 2.55. The van der Waals surface area contributed by atoms with Gasteiger partial charge in [-0.3, -0.25) is 4.68 Å². The molecule has 24 heavy (non-hydrogen) atoms. The van der Waals surface area contributed by atoms with E-state index in [1.165, 1.54) is 0 Å². The molecule has 2 heterocycles. The molecule has 0 unspecified atom stereocenters. The Morgan fingerprint density at radius 2 is 1.96 bits per heavy atom. The van der Waals surface area contributed by atoms with Crippen LogP contribution in [-0.4, -0.2) is 14.9 Å². The fraction of sp³-hybridized carbons (Fsp3) is 0.278. The van der Waals surface area contributed by atoms with Gasteiger partial charge in [0.05, 0.1) is 23.9 Å². The molecule has 2 aromatic heterocycles. The predicted molar refractivity (Wildman–Crippen MR) is 87.8 cm³/mol. The number of nitriles is 1. The van der Waals surface area contributed by atoms with Gasteiger partial charge in [-0.1, -0.05) is 19.0 Å². The van der Waals surface area contributed by atoms with E-state index in [-0.39, 0.29) is 0 Å².